The van der Waals surface area contributed by atoms with Gasteiger partial charge in [-0.05, 0) is 13.0 Å². The number of nitro groups is 1. The van der Waals surface area contributed by atoms with Crippen molar-refractivity contribution < 1.29 is 13.3 Å². The van der Waals surface area contributed by atoms with Crippen LogP contribution >= 0.6 is 11.6 Å². The van der Waals surface area contributed by atoms with Gasteiger partial charge in [-0.15, -0.1) is 0 Å². The molecule has 0 saturated heterocycles. The Labute approximate surface area is 119 Å². The molecule has 0 amide bonds. The summed E-state index contributed by atoms with van der Waals surface area (Å²) in [6, 6.07) is 3.47. The van der Waals surface area contributed by atoms with Gasteiger partial charge in [-0.1, -0.05) is 11.6 Å². The Hall–Kier alpha value is -2.13. The molecule has 1 aromatic heterocycles. The predicted octanol–water partition coefficient (Wildman–Crippen LogP) is 2.08. The van der Waals surface area contributed by atoms with Crippen molar-refractivity contribution >= 4 is 33.0 Å². The van der Waals surface area contributed by atoms with Gasteiger partial charge in [0, 0.05) is 12.1 Å². The first-order valence-corrected chi connectivity index (χ1v) is 7.14. The van der Waals surface area contributed by atoms with E-state index in [0.717, 1.165) is 12.3 Å². The van der Waals surface area contributed by atoms with Gasteiger partial charge in [0.05, 0.1) is 21.8 Å². The normalized spacial score (nSPS) is 11.3. The van der Waals surface area contributed by atoms with Gasteiger partial charge in [-0.3, -0.25) is 14.8 Å². The van der Waals surface area contributed by atoms with E-state index in [1.54, 1.807) is 6.92 Å². The predicted molar refractivity (Wildman–Crippen MR) is 72.2 cm³/mol. The topological polar surface area (TPSA) is 118 Å². The average molecular weight is 317 g/mol. The second kappa shape index (κ2) is 5.10. The molecule has 8 nitrogen and oxygen atoms in total. The molecule has 0 aliphatic heterocycles. The molecular weight excluding hydrogens is 308 g/mol. The highest BCUT2D eigenvalue weighted by atomic mass is 35.5. The first-order chi connectivity index (χ1) is 9.29. The lowest BCUT2D eigenvalue weighted by molar-refractivity contribution is -0.384. The molecule has 106 valence electrons. The van der Waals surface area contributed by atoms with Crippen LogP contribution in [0.15, 0.2) is 29.4 Å². The van der Waals surface area contributed by atoms with Crippen molar-refractivity contribution in [2.24, 2.45) is 0 Å². The number of aromatic nitrogens is 2. The minimum absolute atomic E-state index is 0.0513. The maximum Gasteiger partial charge on any atom is 0.279 e. The van der Waals surface area contributed by atoms with Gasteiger partial charge in [-0.25, -0.2) is 4.98 Å². The summed E-state index contributed by atoms with van der Waals surface area (Å²) >= 11 is 5.82. The van der Waals surface area contributed by atoms with Crippen LogP contribution in [0.2, 0.25) is 5.02 Å². The molecule has 0 aliphatic carbocycles. The van der Waals surface area contributed by atoms with E-state index in [1.165, 1.54) is 12.1 Å². The monoisotopic (exact) mass is 316 g/mol. The molecule has 20 heavy (non-hydrogen) atoms. The number of benzene rings is 1. The molecule has 1 aromatic carbocycles. The summed E-state index contributed by atoms with van der Waals surface area (Å²) in [7, 11) is -3.93. The number of sulfonamides is 1. The summed E-state index contributed by atoms with van der Waals surface area (Å²) < 4.78 is 26.3. The van der Waals surface area contributed by atoms with Crippen molar-refractivity contribution in [3.05, 3.63) is 45.4 Å². The molecule has 0 bridgehead atoms. The minimum Gasteiger partial charge on any atom is -0.332 e. The smallest absolute Gasteiger partial charge is 0.279 e. The van der Waals surface area contributed by atoms with Crippen LogP contribution in [0.1, 0.15) is 5.82 Å². The Morgan fingerprint density at radius 3 is 2.70 bits per heavy atom. The molecule has 0 saturated carbocycles. The van der Waals surface area contributed by atoms with Crippen molar-refractivity contribution in [3.63, 3.8) is 0 Å². The van der Waals surface area contributed by atoms with Crippen molar-refractivity contribution in [2.75, 3.05) is 4.72 Å². The number of rotatable bonds is 4. The summed E-state index contributed by atoms with van der Waals surface area (Å²) in [6.45, 7) is 1.60. The number of nitrogens with zero attached hydrogens (tertiary/aromatic N) is 2. The molecule has 10 heteroatoms. The molecule has 0 unspecified atom stereocenters. The molecular formula is C10H9ClN4O4S. The molecule has 2 rings (SSSR count). The Morgan fingerprint density at radius 2 is 2.15 bits per heavy atom. The van der Waals surface area contributed by atoms with Crippen molar-refractivity contribution in [1.29, 1.82) is 0 Å². The van der Waals surface area contributed by atoms with E-state index < -0.39 is 14.9 Å². The van der Waals surface area contributed by atoms with Gasteiger partial charge < -0.3 is 4.98 Å². The van der Waals surface area contributed by atoms with Crippen LogP contribution in [0.5, 0.6) is 0 Å². The third-order valence-electron chi connectivity index (χ3n) is 2.37. The summed E-state index contributed by atoms with van der Waals surface area (Å²) in [4.78, 5) is 16.4. The first kappa shape index (κ1) is 14.3. The molecule has 0 radical (unpaired) electrons. The summed E-state index contributed by atoms with van der Waals surface area (Å²) in [6.07, 6.45) is 1.14. The Bertz CT molecular complexity index is 771. The second-order valence-corrected chi connectivity index (χ2v) is 5.92. The van der Waals surface area contributed by atoms with Crippen molar-refractivity contribution in [1.82, 2.24) is 9.97 Å². The van der Waals surface area contributed by atoms with Crippen molar-refractivity contribution in [3.8, 4) is 0 Å². The Kier molecular flexibility index (Phi) is 3.64. The number of hydrogen-bond donors (Lipinski definition) is 2. The van der Waals surface area contributed by atoms with Gasteiger partial charge in [0.25, 0.3) is 15.7 Å². The maximum atomic E-state index is 12.0. The molecule has 2 aromatic rings. The highest BCUT2D eigenvalue weighted by molar-refractivity contribution is 7.92. The quantitative estimate of drug-likeness (QED) is 0.661. The van der Waals surface area contributed by atoms with E-state index in [4.69, 9.17) is 11.6 Å². The minimum atomic E-state index is -3.93. The number of H-pyrrole nitrogens is 1. The summed E-state index contributed by atoms with van der Waals surface area (Å²) in [5, 5.41) is 10.6. The fourth-order valence-corrected chi connectivity index (χ4v) is 2.70. The Balaban J connectivity index is 2.39. The summed E-state index contributed by atoms with van der Waals surface area (Å²) in [5.41, 5.74) is -0.346. The zero-order valence-electron chi connectivity index (χ0n) is 10.1. The lowest BCUT2D eigenvalue weighted by Gasteiger charge is -2.07. The standard InChI is InChI=1S/C10H9ClN4O4S/c1-6-12-5-10(13-6)20(18,19)14-9-4-7(15(16)17)2-3-8(9)11/h2-5,14H,1H3,(H,12,13). The largest absolute Gasteiger partial charge is 0.332 e. The zero-order valence-corrected chi connectivity index (χ0v) is 11.7. The molecule has 0 atom stereocenters. The van der Waals surface area contributed by atoms with E-state index in [2.05, 4.69) is 14.7 Å². The zero-order chi connectivity index (χ0) is 14.9. The van der Waals surface area contributed by atoms with Gasteiger partial charge in [0.15, 0.2) is 5.03 Å². The van der Waals surface area contributed by atoms with Crippen LogP contribution in [0, 0.1) is 17.0 Å². The fraction of sp³-hybridized carbons (Fsp3) is 0.100. The lowest BCUT2D eigenvalue weighted by Crippen LogP contribution is -2.14. The first-order valence-electron chi connectivity index (χ1n) is 5.28. The maximum absolute atomic E-state index is 12.0. The lowest BCUT2D eigenvalue weighted by atomic mass is 10.3. The number of non-ortho nitro benzene ring substituents is 1. The molecule has 0 aliphatic rings. The SMILES string of the molecule is Cc1ncc(S(=O)(=O)Nc2cc([N+](=O)[O-])ccc2Cl)[nH]1. The number of hydrogen-bond acceptors (Lipinski definition) is 5. The van der Waals surface area contributed by atoms with E-state index in [0.29, 0.717) is 5.82 Å². The van der Waals surface area contributed by atoms with E-state index in [1.807, 2.05) is 0 Å². The van der Waals surface area contributed by atoms with Crippen LogP contribution in [-0.4, -0.2) is 23.3 Å². The van der Waals surface area contributed by atoms with Crippen LogP contribution in [0.3, 0.4) is 0 Å². The van der Waals surface area contributed by atoms with Crippen LogP contribution < -0.4 is 4.72 Å². The van der Waals surface area contributed by atoms with Gasteiger partial charge in [-0.2, -0.15) is 8.42 Å². The molecule has 2 N–H and O–H groups in total. The fourth-order valence-electron chi connectivity index (χ4n) is 1.44. The third-order valence-corrected chi connectivity index (χ3v) is 3.98. The highest BCUT2D eigenvalue weighted by Gasteiger charge is 2.19. The second-order valence-electron chi connectivity index (χ2n) is 3.86. The number of imidazole rings is 1. The van der Waals surface area contributed by atoms with Crippen LogP contribution in [-0.2, 0) is 10.0 Å². The number of anilines is 1. The highest BCUT2D eigenvalue weighted by Crippen LogP contribution is 2.28. The molecule has 0 spiro atoms. The number of nitrogens with one attached hydrogen (secondary N) is 2. The van der Waals surface area contributed by atoms with Gasteiger partial charge in [0.1, 0.15) is 5.82 Å². The molecule has 0 fully saturated rings. The number of aromatic amines is 1. The van der Waals surface area contributed by atoms with Crippen molar-refractivity contribution in [2.45, 2.75) is 11.9 Å². The number of halogens is 1. The van der Waals surface area contributed by atoms with Gasteiger partial charge in [0.2, 0.25) is 0 Å². The third kappa shape index (κ3) is 2.89. The van der Waals surface area contributed by atoms with E-state index in [9.17, 15) is 18.5 Å². The number of nitro benzene ring substituents is 1. The van der Waals surface area contributed by atoms with Gasteiger partial charge >= 0.3 is 0 Å². The number of aryl methyl sites for hydroxylation is 1. The average Bonchev–Trinajstić information content (AvgIpc) is 2.79. The van der Waals surface area contributed by atoms with Crippen LogP contribution in [0.4, 0.5) is 11.4 Å². The Morgan fingerprint density at radius 1 is 1.45 bits per heavy atom. The van der Waals surface area contributed by atoms with E-state index >= 15 is 0 Å². The summed E-state index contributed by atoms with van der Waals surface area (Å²) in [5.74, 6) is 0.426. The van der Waals surface area contributed by atoms with Crippen LogP contribution in [0.25, 0.3) is 0 Å². The van der Waals surface area contributed by atoms with E-state index in [-0.39, 0.29) is 21.4 Å². The molecule has 1 heterocycles.